The first kappa shape index (κ1) is 18.9. The van der Waals surface area contributed by atoms with Gasteiger partial charge in [-0.1, -0.05) is 48.5 Å². The lowest BCUT2D eigenvalue weighted by atomic mass is 10.1. The average molecular weight is 420 g/mol. The van der Waals surface area contributed by atoms with Gasteiger partial charge in [0.15, 0.2) is 0 Å². The fraction of sp³-hybridized carbons (Fsp3) is 0. The Morgan fingerprint density at radius 3 is 2.06 bits per heavy atom. The van der Waals surface area contributed by atoms with Gasteiger partial charge in [0.05, 0.1) is 17.6 Å². The average Bonchev–Trinajstić information content (AvgIpc) is 3.40. The standard InChI is InChI=1S/C26H16N2O2S/c1-27-22(26(29)30)16-19-14-15-25(31-19)17-10-12-18(13-11-17)28-23-8-4-2-6-20(23)21-7-3-5-9-24(21)28/h2-16H,(H,29,30)/b22-16-. The van der Waals surface area contributed by atoms with E-state index in [0.717, 1.165) is 21.0 Å². The van der Waals surface area contributed by atoms with Crippen LogP contribution < -0.4 is 0 Å². The monoisotopic (exact) mass is 420 g/mol. The molecule has 0 aliphatic heterocycles. The number of carboxylic acids is 1. The molecule has 2 heterocycles. The number of aliphatic carboxylic acids is 1. The van der Waals surface area contributed by atoms with Crippen LogP contribution in [0.15, 0.2) is 90.6 Å². The summed E-state index contributed by atoms with van der Waals surface area (Å²) in [6.07, 6.45) is 1.41. The summed E-state index contributed by atoms with van der Waals surface area (Å²) in [5.41, 5.74) is 4.18. The highest BCUT2D eigenvalue weighted by Crippen LogP contribution is 2.34. The smallest absolute Gasteiger partial charge is 0.333 e. The van der Waals surface area contributed by atoms with Gasteiger partial charge in [-0.25, -0.2) is 4.85 Å². The van der Waals surface area contributed by atoms with Crippen LogP contribution in [0.4, 0.5) is 0 Å². The lowest BCUT2D eigenvalue weighted by Crippen LogP contribution is -1.94. The molecule has 0 amide bonds. The van der Waals surface area contributed by atoms with Crippen molar-refractivity contribution >= 4 is 45.2 Å². The lowest BCUT2D eigenvalue weighted by molar-refractivity contribution is -0.132. The number of carbonyl (C=O) groups is 1. The van der Waals surface area contributed by atoms with Crippen LogP contribution in [-0.4, -0.2) is 15.6 Å². The van der Waals surface area contributed by atoms with E-state index in [1.54, 1.807) is 0 Å². The molecule has 2 aromatic heterocycles. The molecule has 0 atom stereocenters. The summed E-state index contributed by atoms with van der Waals surface area (Å²) in [6.45, 7) is 7.00. The second kappa shape index (κ2) is 7.60. The van der Waals surface area contributed by atoms with Crippen LogP contribution in [0, 0.1) is 6.57 Å². The van der Waals surface area contributed by atoms with Crippen molar-refractivity contribution in [2.24, 2.45) is 0 Å². The van der Waals surface area contributed by atoms with Gasteiger partial charge >= 0.3 is 5.97 Å². The molecule has 0 saturated heterocycles. The van der Waals surface area contributed by atoms with E-state index in [9.17, 15) is 4.79 Å². The second-order valence-corrected chi connectivity index (χ2v) is 8.18. The summed E-state index contributed by atoms with van der Waals surface area (Å²) in [4.78, 5) is 15.9. The molecular weight excluding hydrogens is 404 g/mol. The van der Waals surface area contributed by atoms with E-state index < -0.39 is 5.97 Å². The summed E-state index contributed by atoms with van der Waals surface area (Å²) in [5, 5.41) is 11.5. The zero-order valence-electron chi connectivity index (χ0n) is 16.3. The van der Waals surface area contributed by atoms with Crippen molar-refractivity contribution in [3.63, 3.8) is 0 Å². The molecule has 0 aliphatic rings. The van der Waals surface area contributed by atoms with E-state index in [-0.39, 0.29) is 5.70 Å². The number of carboxylic acid groups (broad SMARTS) is 1. The normalized spacial score (nSPS) is 11.6. The lowest BCUT2D eigenvalue weighted by Gasteiger charge is -2.08. The third-order valence-electron chi connectivity index (χ3n) is 5.24. The molecule has 0 radical (unpaired) electrons. The summed E-state index contributed by atoms with van der Waals surface area (Å²) >= 11 is 1.47. The molecule has 31 heavy (non-hydrogen) atoms. The Balaban J connectivity index is 1.55. The Morgan fingerprint density at radius 2 is 1.48 bits per heavy atom. The molecule has 5 rings (SSSR count). The Morgan fingerprint density at radius 1 is 0.871 bits per heavy atom. The number of rotatable bonds is 4. The highest BCUT2D eigenvalue weighted by atomic mass is 32.1. The van der Waals surface area contributed by atoms with Gasteiger partial charge in [0.1, 0.15) is 0 Å². The minimum atomic E-state index is -1.21. The van der Waals surface area contributed by atoms with Crippen molar-refractivity contribution in [3.8, 4) is 16.1 Å². The summed E-state index contributed by atoms with van der Waals surface area (Å²) < 4.78 is 2.27. The van der Waals surface area contributed by atoms with Crippen LogP contribution in [0.5, 0.6) is 0 Å². The van der Waals surface area contributed by atoms with Crippen LogP contribution in [0.25, 0.3) is 48.9 Å². The van der Waals surface area contributed by atoms with Crippen molar-refractivity contribution in [2.45, 2.75) is 0 Å². The fourth-order valence-electron chi connectivity index (χ4n) is 3.84. The van der Waals surface area contributed by atoms with Crippen molar-refractivity contribution in [1.29, 1.82) is 0 Å². The number of hydrogen-bond donors (Lipinski definition) is 1. The van der Waals surface area contributed by atoms with E-state index in [1.165, 1.54) is 39.2 Å². The number of para-hydroxylation sites is 2. The van der Waals surface area contributed by atoms with Gasteiger partial charge in [0.25, 0.3) is 5.70 Å². The van der Waals surface area contributed by atoms with E-state index in [0.29, 0.717) is 0 Å². The zero-order valence-corrected chi connectivity index (χ0v) is 17.1. The molecule has 0 spiro atoms. The first-order valence-electron chi connectivity index (χ1n) is 9.67. The van der Waals surface area contributed by atoms with E-state index in [4.69, 9.17) is 11.7 Å². The van der Waals surface area contributed by atoms with E-state index >= 15 is 0 Å². The van der Waals surface area contributed by atoms with Gasteiger partial charge in [-0.15, -0.1) is 11.3 Å². The summed E-state index contributed by atoms with van der Waals surface area (Å²) in [6, 6.07) is 29.0. The quantitative estimate of drug-likeness (QED) is 0.255. The number of benzene rings is 3. The largest absolute Gasteiger partial charge is 0.486 e. The Bertz CT molecular complexity index is 1460. The van der Waals surface area contributed by atoms with Crippen LogP contribution in [0.1, 0.15) is 4.88 Å². The number of nitrogens with zero attached hydrogens (tertiary/aromatic N) is 2. The Hall–Kier alpha value is -4.14. The summed E-state index contributed by atoms with van der Waals surface area (Å²) in [5.74, 6) is -1.21. The molecule has 4 nitrogen and oxygen atoms in total. The maximum absolute atomic E-state index is 11.1. The number of fused-ring (bicyclic) bond motifs is 3. The number of aromatic nitrogens is 1. The van der Waals surface area contributed by atoms with Gasteiger partial charge in [-0.3, -0.25) is 4.79 Å². The van der Waals surface area contributed by atoms with E-state index in [1.807, 2.05) is 12.1 Å². The molecule has 148 valence electrons. The fourth-order valence-corrected chi connectivity index (χ4v) is 4.79. The van der Waals surface area contributed by atoms with Gasteiger partial charge in [-0.05, 0) is 48.0 Å². The summed E-state index contributed by atoms with van der Waals surface area (Å²) in [7, 11) is 0. The molecule has 0 unspecified atom stereocenters. The number of hydrogen-bond acceptors (Lipinski definition) is 2. The third kappa shape index (κ3) is 3.29. The van der Waals surface area contributed by atoms with Crippen molar-refractivity contribution in [3.05, 3.63) is 107 Å². The predicted molar refractivity (Wildman–Crippen MR) is 126 cm³/mol. The maximum Gasteiger partial charge on any atom is 0.333 e. The predicted octanol–water partition coefficient (Wildman–Crippen LogP) is 6.86. The van der Waals surface area contributed by atoms with Crippen LogP contribution >= 0.6 is 11.3 Å². The maximum atomic E-state index is 11.1. The van der Waals surface area contributed by atoms with E-state index in [2.05, 4.69) is 82.2 Å². The third-order valence-corrected chi connectivity index (χ3v) is 6.32. The highest BCUT2D eigenvalue weighted by Gasteiger charge is 2.12. The molecule has 0 bridgehead atoms. The topological polar surface area (TPSA) is 46.6 Å². The molecular formula is C26H16N2O2S. The molecule has 5 aromatic rings. The molecule has 5 heteroatoms. The van der Waals surface area contributed by atoms with Crippen molar-refractivity contribution in [2.75, 3.05) is 0 Å². The molecule has 3 aromatic carbocycles. The van der Waals surface area contributed by atoms with Crippen LogP contribution in [-0.2, 0) is 4.79 Å². The van der Waals surface area contributed by atoms with Crippen LogP contribution in [0.3, 0.4) is 0 Å². The van der Waals surface area contributed by atoms with Gasteiger partial charge in [-0.2, -0.15) is 0 Å². The Labute approximate surface area is 182 Å². The van der Waals surface area contributed by atoms with Crippen molar-refractivity contribution in [1.82, 2.24) is 4.57 Å². The molecule has 1 N–H and O–H groups in total. The van der Waals surface area contributed by atoms with Crippen molar-refractivity contribution < 1.29 is 9.90 Å². The highest BCUT2D eigenvalue weighted by molar-refractivity contribution is 7.16. The van der Waals surface area contributed by atoms with Crippen LogP contribution in [0.2, 0.25) is 0 Å². The minimum Gasteiger partial charge on any atom is -0.486 e. The Kier molecular flexibility index (Phi) is 4.62. The molecule has 0 fully saturated rings. The number of thiophene rings is 1. The molecule has 0 aliphatic carbocycles. The van der Waals surface area contributed by atoms with Gasteiger partial charge in [0, 0.05) is 26.2 Å². The first-order chi connectivity index (χ1) is 15.2. The van der Waals surface area contributed by atoms with Gasteiger partial charge in [0.2, 0.25) is 0 Å². The zero-order chi connectivity index (χ0) is 21.4. The first-order valence-corrected chi connectivity index (χ1v) is 10.5. The minimum absolute atomic E-state index is 0.282. The second-order valence-electron chi connectivity index (χ2n) is 7.07. The van der Waals surface area contributed by atoms with Gasteiger partial charge < -0.3 is 9.67 Å². The SMILES string of the molecule is [C-]#[N+]/C(=C\c1ccc(-c2ccc(-n3c4ccccc4c4ccccc43)cc2)s1)C(=O)O. The molecule has 0 saturated carbocycles.